The minimum absolute atomic E-state index is 0.430. The zero-order chi connectivity index (χ0) is 11.3. The lowest BCUT2D eigenvalue weighted by Gasteiger charge is -2.01. The van der Waals surface area contributed by atoms with E-state index in [1.54, 1.807) is 12.1 Å². The molecule has 16 heavy (non-hydrogen) atoms. The van der Waals surface area contributed by atoms with Crippen LogP contribution in [0, 0.1) is 6.92 Å². The Hall–Kier alpha value is -1.61. The van der Waals surface area contributed by atoms with Gasteiger partial charge < -0.3 is 0 Å². The molecule has 1 aliphatic heterocycles. The van der Waals surface area contributed by atoms with Gasteiger partial charge >= 0.3 is 0 Å². The molecule has 0 fully saturated rings. The normalized spacial score (nSPS) is 15.6. The summed E-state index contributed by atoms with van der Waals surface area (Å²) in [5.74, 6) is 0. The zero-order valence-corrected chi connectivity index (χ0v) is 9.58. The minimum Gasteiger partial charge on any atom is -0.218 e. The summed E-state index contributed by atoms with van der Waals surface area (Å²) in [6, 6.07) is 12.8. The van der Waals surface area contributed by atoms with E-state index in [-0.39, 0.29) is 0 Å². The van der Waals surface area contributed by atoms with E-state index < -0.39 is 9.84 Å². The minimum atomic E-state index is -3.30. The monoisotopic (exact) mass is 230 g/mol. The highest BCUT2D eigenvalue weighted by Gasteiger charge is 2.33. The Kier molecular flexibility index (Phi) is 1.77. The number of sulfone groups is 1. The highest BCUT2D eigenvalue weighted by atomic mass is 32.2. The lowest BCUT2D eigenvalue weighted by Crippen LogP contribution is -1.98. The third kappa shape index (κ3) is 1.04. The van der Waals surface area contributed by atoms with E-state index in [0.717, 1.165) is 16.7 Å². The van der Waals surface area contributed by atoms with Crippen LogP contribution in [0.25, 0.3) is 11.1 Å². The zero-order valence-electron chi connectivity index (χ0n) is 8.77. The summed E-state index contributed by atoms with van der Waals surface area (Å²) >= 11 is 0. The maximum absolute atomic E-state index is 12.3. The van der Waals surface area contributed by atoms with Gasteiger partial charge in [-0.2, -0.15) is 0 Å². The summed E-state index contributed by atoms with van der Waals surface area (Å²) < 4.78 is 24.6. The van der Waals surface area contributed by atoms with Crippen molar-refractivity contribution >= 4 is 9.84 Å². The van der Waals surface area contributed by atoms with Gasteiger partial charge in [-0.15, -0.1) is 0 Å². The Balaban J connectivity index is 2.55. The molecule has 2 nitrogen and oxygen atoms in total. The quantitative estimate of drug-likeness (QED) is 0.595. The Morgan fingerprint density at radius 1 is 0.875 bits per heavy atom. The van der Waals surface area contributed by atoms with Crippen molar-refractivity contribution in [3.05, 3.63) is 48.0 Å². The summed E-state index contributed by atoms with van der Waals surface area (Å²) in [7, 11) is -3.30. The van der Waals surface area contributed by atoms with Crippen LogP contribution in [0.1, 0.15) is 5.56 Å². The smallest absolute Gasteiger partial charge is 0.208 e. The van der Waals surface area contributed by atoms with Crippen LogP contribution in [-0.4, -0.2) is 8.42 Å². The first kappa shape index (κ1) is 9.60. The molecule has 3 heteroatoms. The topological polar surface area (TPSA) is 34.1 Å². The Morgan fingerprint density at radius 2 is 1.56 bits per heavy atom. The number of benzene rings is 2. The highest BCUT2D eigenvalue weighted by Crippen LogP contribution is 2.44. The predicted octanol–water partition coefficient (Wildman–Crippen LogP) is 2.81. The number of aryl methyl sites for hydroxylation is 1. The van der Waals surface area contributed by atoms with Crippen LogP contribution in [-0.2, 0) is 9.84 Å². The molecule has 0 amide bonds. The molecule has 0 unspecified atom stereocenters. The summed E-state index contributed by atoms with van der Waals surface area (Å²) in [6.45, 7) is 1.84. The largest absolute Gasteiger partial charge is 0.218 e. The Bertz CT molecular complexity index is 685. The van der Waals surface area contributed by atoms with Gasteiger partial charge in [-0.1, -0.05) is 36.4 Å². The van der Waals surface area contributed by atoms with Gasteiger partial charge in [-0.25, -0.2) is 8.42 Å². The Morgan fingerprint density at radius 3 is 2.38 bits per heavy atom. The maximum Gasteiger partial charge on any atom is 0.208 e. The van der Waals surface area contributed by atoms with E-state index >= 15 is 0 Å². The summed E-state index contributed by atoms with van der Waals surface area (Å²) in [5.41, 5.74) is 2.46. The van der Waals surface area contributed by atoms with E-state index in [1.807, 2.05) is 37.3 Å². The molecule has 0 N–H and O–H groups in total. The van der Waals surface area contributed by atoms with Gasteiger partial charge in [0.15, 0.2) is 0 Å². The summed E-state index contributed by atoms with van der Waals surface area (Å²) in [4.78, 5) is 0.899. The third-order valence-electron chi connectivity index (χ3n) is 2.95. The molecule has 80 valence electrons. The molecule has 0 spiro atoms. The molecule has 2 aromatic carbocycles. The van der Waals surface area contributed by atoms with E-state index in [1.165, 1.54) is 0 Å². The van der Waals surface area contributed by atoms with Crippen LogP contribution in [0.3, 0.4) is 0 Å². The molecule has 2 aromatic rings. The summed E-state index contributed by atoms with van der Waals surface area (Å²) in [5, 5.41) is 0. The number of hydrogen-bond donors (Lipinski definition) is 0. The van der Waals surface area contributed by atoms with Crippen molar-refractivity contribution in [3.8, 4) is 11.1 Å². The summed E-state index contributed by atoms with van der Waals surface area (Å²) in [6.07, 6.45) is 0. The first-order valence-corrected chi connectivity index (χ1v) is 6.55. The van der Waals surface area contributed by atoms with Crippen molar-refractivity contribution in [1.29, 1.82) is 0 Å². The van der Waals surface area contributed by atoms with Gasteiger partial charge in [0.1, 0.15) is 0 Å². The second kappa shape index (κ2) is 2.95. The maximum atomic E-state index is 12.3. The van der Waals surface area contributed by atoms with E-state index in [0.29, 0.717) is 9.79 Å². The van der Waals surface area contributed by atoms with Crippen molar-refractivity contribution in [1.82, 2.24) is 0 Å². The first-order valence-electron chi connectivity index (χ1n) is 5.06. The molecule has 0 atom stereocenters. The number of rotatable bonds is 0. The molecule has 0 saturated heterocycles. The van der Waals surface area contributed by atoms with Gasteiger partial charge in [-0.3, -0.25) is 0 Å². The fourth-order valence-corrected chi connectivity index (χ4v) is 4.16. The van der Waals surface area contributed by atoms with Crippen molar-refractivity contribution in [2.45, 2.75) is 16.7 Å². The van der Waals surface area contributed by atoms with Crippen LogP contribution in [0.2, 0.25) is 0 Å². The fraction of sp³-hybridized carbons (Fsp3) is 0.0769. The fourth-order valence-electron chi connectivity index (χ4n) is 2.25. The van der Waals surface area contributed by atoms with Crippen LogP contribution < -0.4 is 0 Å². The van der Waals surface area contributed by atoms with Crippen LogP contribution >= 0.6 is 0 Å². The second-order valence-electron chi connectivity index (χ2n) is 3.95. The van der Waals surface area contributed by atoms with Crippen LogP contribution in [0.15, 0.2) is 52.3 Å². The molecular weight excluding hydrogens is 220 g/mol. The van der Waals surface area contributed by atoms with Crippen molar-refractivity contribution in [2.24, 2.45) is 0 Å². The molecular formula is C13H10O2S. The van der Waals surface area contributed by atoms with Gasteiger partial charge in [-0.05, 0) is 18.6 Å². The van der Waals surface area contributed by atoms with E-state index in [4.69, 9.17) is 0 Å². The average Bonchev–Trinajstić information content (AvgIpc) is 2.50. The number of hydrogen-bond acceptors (Lipinski definition) is 2. The highest BCUT2D eigenvalue weighted by molar-refractivity contribution is 7.92. The second-order valence-corrected chi connectivity index (χ2v) is 5.81. The molecule has 0 aromatic heterocycles. The van der Waals surface area contributed by atoms with Gasteiger partial charge in [0.2, 0.25) is 9.84 Å². The third-order valence-corrected chi connectivity index (χ3v) is 4.96. The van der Waals surface area contributed by atoms with E-state index in [9.17, 15) is 8.42 Å². The van der Waals surface area contributed by atoms with Crippen molar-refractivity contribution in [3.63, 3.8) is 0 Å². The number of fused-ring (bicyclic) bond motifs is 3. The SMILES string of the molecule is Cc1cccc2c1S(=O)(=O)c1ccccc1-2. The standard InChI is InChI=1S/C13H10O2S/c1-9-5-4-7-11-10-6-2-3-8-12(10)16(14,15)13(9)11/h2-8H,1H3. The molecule has 0 aliphatic carbocycles. The molecule has 1 heterocycles. The van der Waals surface area contributed by atoms with Gasteiger partial charge in [0, 0.05) is 11.1 Å². The average molecular weight is 230 g/mol. The molecule has 0 radical (unpaired) electrons. The van der Waals surface area contributed by atoms with Crippen LogP contribution in [0.5, 0.6) is 0 Å². The molecule has 1 aliphatic rings. The lowest BCUT2D eigenvalue weighted by molar-refractivity contribution is 0.598. The van der Waals surface area contributed by atoms with Crippen molar-refractivity contribution < 1.29 is 8.42 Å². The van der Waals surface area contributed by atoms with Crippen molar-refractivity contribution in [2.75, 3.05) is 0 Å². The van der Waals surface area contributed by atoms with Crippen LogP contribution in [0.4, 0.5) is 0 Å². The molecule has 0 saturated carbocycles. The molecule has 0 bridgehead atoms. The van der Waals surface area contributed by atoms with Gasteiger partial charge in [0.05, 0.1) is 9.79 Å². The van der Waals surface area contributed by atoms with Gasteiger partial charge in [0.25, 0.3) is 0 Å². The van der Waals surface area contributed by atoms with E-state index in [2.05, 4.69) is 0 Å². The predicted molar refractivity (Wildman–Crippen MR) is 62.1 cm³/mol. The lowest BCUT2D eigenvalue weighted by atomic mass is 10.0. The Labute approximate surface area is 94.5 Å². The first-order chi connectivity index (χ1) is 7.62. The molecule has 3 rings (SSSR count).